The Balaban J connectivity index is 1.88. The molecule has 2 aromatic carbocycles. The minimum atomic E-state index is -0.0829. The molecular formula is C21H22N2O2. The summed E-state index contributed by atoms with van der Waals surface area (Å²) < 4.78 is 0. The van der Waals surface area contributed by atoms with Crippen molar-refractivity contribution in [2.45, 2.75) is 26.7 Å². The Morgan fingerprint density at radius 1 is 1.04 bits per heavy atom. The van der Waals surface area contributed by atoms with E-state index in [1.165, 1.54) is 0 Å². The average Bonchev–Trinajstić information content (AvgIpc) is 2.55. The molecule has 25 heavy (non-hydrogen) atoms. The third-order valence-corrected chi connectivity index (χ3v) is 4.30. The number of nitrogens with one attached hydrogen (secondary N) is 1. The second-order valence-corrected chi connectivity index (χ2v) is 7.28. The zero-order valence-electron chi connectivity index (χ0n) is 14.5. The van der Waals surface area contributed by atoms with Crippen LogP contribution in [-0.4, -0.2) is 11.6 Å². The van der Waals surface area contributed by atoms with E-state index in [0.29, 0.717) is 28.9 Å². The quantitative estimate of drug-likeness (QED) is 0.650. The summed E-state index contributed by atoms with van der Waals surface area (Å²) in [5.41, 5.74) is 9.19. The van der Waals surface area contributed by atoms with Crippen molar-refractivity contribution in [1.29, 1.82) is 0 Å². The van der Waals surface area contributed by atoms with Crippen molar-refractivity contribution in [3.63, 3.8) is 0 Å². The number of benzene rings is 2. The van der Waals surface area contributed by atoms with Crippen LogP contribution in [-0.2, 0) is 4.79 Å². The number of nitrogens with two attached hydrogens (primary N) is 1. The second-order valence-electron chi connectivity index (χ2n) is 7.28. The summed E-state index contributed by atoms with van der Waals surface area (Å²) in [6.07, 6.45) is 2.94. The van der Waals surface area contributed by atoms with Crippen molar-refractivity contribution >= 4 is 22.9 Å². The number of nitrogen functional groups attached to an aromatic ring is 1. The summed E-state index contributed by atoms with van der Waals surface area (Å²) in [5, 5.41) is 3.24. The fourth-order valence-corrected chi connectivity index (χ4v) is 3.16. The summed E-state index contributed by atoms with van der Waals surface area (Å²) in [6, 6.07) is 14.3. The van der Waals surface area contributed by atoms with E-state index in [9.17, 15) is 9.59 Å². The maximum absolute atomic E-state index is 12.6. The van der Waals surface area contributed by atoms with Gasteiger partial charge in [0.1, 0.15) is 0 Å². The Bertz CT molecular complexity index is 851. The second kappa shape index (κ2) is 6.55. The lowest BCUT2D eigenvalue weighted by Crippen LogP contribution is -2.24. The number of carbonyl (C=O) groups is 2. The Labute approximate surface area is 147 Å². The molecule has 0 spiro atoms. The van der Waals surface area contributed by atoms with Crippen molar-refractivity contribution < 1.29 is 9.59 Å². The van der Waals surface area contributed by atoms with Gasteiger partial charge in [-0.15, -0.1) is 0 Å². The normalized spacial score (nSPS) is 16.2. The first-order valence-corrected chi connectivity index (χ1v) is 8.34. The van der Waals surface area contributed by atoms with Crippen LogP contribution in [0.5, 0.6) is 0 Å². The molecule has 4 nitrogen and oxygen atoms in total. The molecule has 0 atom stereocenters. The number of hydrogen-bond donors (Lipinski definition) is 2. The predicted molar refractivity (Wildman–Crippen MR) is 100 cm³/mol. The van der Waals surface area contributed by atoms with Gasteiger partial charge in [-0.2, -0.15) is 0 Å². The van der Waals surface area contributed by atoms with E-state index in [4.69, 9.17) is 5.73 Å². The first-order chi connectivity index (χ1) is 11.8. The van der Waals surface area contributed by atoms with Crippen LogP contribution in [0.2, 0.25) is 0 Å². The summed E-state index contributed by atoms with van der Waals surface area (Å²) in [7, 11) is 0. The van der Waals surface area contributed by atoms with Crippen LogP contribution in [0.1, 0.15) is 42.6 Å². The lowest BCUT2D eigenvalue weighted by molar-refractivity contribution is -0.117. The summed E-state index contributed by atoms with van der Waals surface area (Å²) >= 11 is 0. The lowest BCUT2D eigenvalue weighted by atomic mass is 9.79. The molecule has 0 heterocycles. The van der Waals surface area contributed by atoms with Crippen LogP contribution < -0.4 is 11.1 Å². The van der Waals surface area contributed by atoms with E-state index in [-0.39, 0.29) is 17.0 Å². The third kappa shape index (κ3) is 3.97. The van der Waals surface area contributed by atoms with Crippen LogP contribution >= 0.6 is 0 Å². The fourth-order valence-electron chi connectivity index (χ4n) is 3.16. The van der Waals surface area contributed by atoms with Crippen LogP contribution in [0.3, 0.4) is 0 Å². The molecule has 0 bridgehead atoms. The van der Waals surface area contributed by atoms with Gasteiger partial charge in [-0.25, -0.2) is 0 Å². The van der Waals surface area contributed by atoms with E-state index < -0.39 is 0 Å². The summed E-state index contributed by atoms with van der Waals surface area (Å²) in [4.78, 5) is 24.5. The number of anilines is 2. The largest absolute Gasteiger partial charge is 0.397 e. The molecule has 4 heteroatoms. The van der Waals surface area contributed by atoms with Gasteiger partial charge in [-0.3, -0.25) is 9.59 Å². The SMILES string of the molecule is CC1(C)CC(=O)C=C(Nc2cc(C(=O)c3ccccc3)ccc2N)C1. The average molecular weight is 334 g/mol. The zero-order valence-corrected chi connectivity index (χ0v) is 14.5. The molecule has 0 amide bonds. The van der Waals surface area contributed by atoms with Gasteiger partial charge in [0.2, 0.25) is 0 Å². The maximum atomic E-state index is 12.6. The van der Waals surface area contributed by atoms with E-state index in [1.807, 2.05) is 18.2 Å². The fraction of sp³-hybridized carbons (Fsp3) is 0.238. The minimum Gasteiger partial charge on any atom is -0.397 e. The Kier molecular flexibility index (Phi) is 4.45. The first-order valence-electron chi connectivity index (χ1n) is 8.34. The van der Waals surface area contributed by atoms with Gasteiger partial charge in [-0.05, 0) is 30.0 Å². The van der Waals surface area contributed by atoms with Gasteiger partial charge in [0, 0.05) is 29.3 Å². The molecule has 0 radical (unpaired) electrons. The smallest absolute Gasteiger partial charge is 0.193 e. The van der Waals surface area contributed by atoms with E-state index in [0.717, 1.165) is 12.1 Å². The minimum absolute atomic E-state index is 0.0577. The molecule has 3 N–H and O–H groups in total. The number of ketones is 2. The molecule has 0 unspecified atom stereocenters. The lowest BCUT2D eigenvalue weighted by Gasteiger charge is -2.29. The van der Waals surface area contributed by atoms with Gasteiger partial charge in [0.25, 0.3) is 0 Å². The highest BCUT2D eigenvalue weighted by Crippen LogP contribution is 2.35. The van der Waals surface area contributed by atoms with Gasteiger partial charge in [0.05, 0.1) is 11.4 Å². The number of hydrogen-bond acceptors (Lipinski definition) is 4. The molecule has 0 saturated carbocycles. The predicted octanol–water partition coefficient (Wildman–Crippen LogP) is 4.18. The van der Waals surface area contributed by atoms with Crippen molar-refractivity contribution in [2.24, 2.45) is 5.41 Å². The highest BCUT2D eigenvalue weighted by Gasteiger charge is 2.27. The molecule has 0 fully saturated rings. The Morgan fingerprint density at radius 2 is 1.76 bits per heavy atom. The highest BCUT2D eigenvalue weighted by atomic mass is 16.1. The van der Waals surface area contributed by atoms with Gasteiger partial charge in [-0.1, -0.05) is 44.2 Å². The molecule has 0 aromatic heterocycles. The van der Waals surface area contributed by atoms with Gasteiger partial charge in [0.15, 0.2) is 11.6 Å². The Hall–Kier alpha value is -2.88. The molecule has 1 aliphatic carbocycles. The first kappa shape index (κ1) is 17.0. The van der Waals surface area contributed by atoms with Crippen molar-refractivity contribution in [2.75, 3.05) is 11.1 Å². The summed E-state index contributed by atoms with van der Waals surface area (Å²) in [5.74, 6) is 0.0477. The molecular weight excluding hydrogens is 312 g/mol. The number of allylic oxidation sites excluding steroid dienone is 2. The maximum Gasteiger partial charge on any atom is 0.193 e. The van der Waals surface area contributed by atoms with Crippen molar-refractivity contribution in [3.05, 3.63) is 71.4 Å². The topological polar surface area (TPSA) is 72.2 Å². The third-order valence-electron chi connectivity index (χ3n) is 4.30. The molecule has 2 aromatic rings. The van der Waals surface area contributed by atoms with E-state index in [2.05, 4.69) is 19.2 Å². The van der Waals surface area contributed by atoms with Gasteiger partial charge >= 0.3 is 0 Å². The van der Waals surface area contributed by atoms with Crippen molar-refractivity contribution in [1.82, 2.24) is 0 Å². The van der Waals surface area contributed by atoms with E-state index >= 15 is 0 Å². The molecule has 0 aliphatic heterocycles. The zero-order chi connectivity index (χ0) is 18.0. The highest BCUT2D eigenvalue weighted by molar-refractivity contribution is 6.09. The van der Waals surface area contributed by atoms with Crippen LogP contribution in [0, 0.1) is 5.41 Å². The molecule has 0 saturated heterocycles. The van der Waals surface area contributed by atoms with Crippen LogP contribution in [0.25, 0.3) is 0 Å². The van der Waals surface area contributed by atoms with E-state index in [1.54, 1.807) is 36.4 Å². The monoisotopic (exact) mass is 334 g/mol. The standard InChI is InChI=1S/C21H22N2O2/c1-21(2)12-16(11-17(24)13-21)23-19-10-15(8-9-18(19)22)20(25)14-6-4-3-5-7-14/h3-11,23H,12-13,22H2,1-2H3. The van der Waals surface area contributed by atoms with Crippen LogP contribution in [0.15, 0.2) is 60.3 Å². The van der Waals surface area contributed by atoms with Crippen LogP contribution in [0.4, 0.5) is 11.4 Å². The Morgan fingerprint density at radius 3 is 2.44 bits per heavy atom. The molecule has 3 rings (SSSR count). The number of carbonyl (C=O) groups excluding carboxylic acids is 2. The van der Waals surface area contributed by atoms with Crippen molar-refractivity contribution in [3.8, 4) is 0 Å². The van der Waals surface area contributed by atoms with Gasteiger partial charge < -0.3 is 11.1 Å². The molecule has 128 valence electrons. The summed E-state index contributed by atoms with van der Waals surface area (Å²) in [6.45, 7) is 4.14. The molecule has 1 aliphatic rings. The number of rotatable bonds is 4.